The third-order valence-corrected chi connectivity index (χ3v) is 1.90. The zero-order valence-electron chi connectivity index (χ0n) is 5.57. The first kappa shape index (κ1) is 6.68. The molecule has 1 N–H and O–H groups in total. The highest BCUT2D eigenvalue weighted by molar-refractivity contribution is 6.35. The fourth-order valence-electron chi connectivity index (χ4n) is 1.10. The van der Waals surface area contributed by atoms with Crippen molar-refractivity contribution in [1.29, 1.82) is 0 Å². The molecule has 0 aliphatic heterocycles. The monoisotopic (exact) mass is 169 g/mol. The van der Waals surface area contributed by atoms with Crippen molar-refractivity contribution in [3.05, 3.63) is 35.2 Å². The summed E-state index contributed by atoms with van der Waals surface area (Å²) < 4.78 is 13.0. The minimum atomic E-state index is -0.284. The maximum Gasteiger partial charge on any atom is 0.134 e. The molecule has 0 bridgehead atoms. The first-order valence-electron chi connectivity index (χ1n) is 3.20. The summed E-state index contributed by atoms with van der Waals surface area (Å²) in [6, 6.07) is 4.82. The number of rotatable bonds is 0. The van der Waals surface area contributed by atoms with Crippen molar-refractivity contribution in [2.75, 3.05) is 0 Å². The second-order valence-corrected chi connectivity index (χ2v) is 2.71. The van der Waals surface area contributed by atoms with E-state index in [2.05, 4.69) is 4.98 Å². The topological polar surface area (TPSA) is 15.8 Å². The van der Waals surface area contributed by atoms with Crippen LogP contribution in [-0.4, -0.2) is 4.98 Å². The Hall–Kier alpha value is -1.02. The lowest BCUT2D eigenvalue weighted by atomic mass is 10.2. The number of aromatic amines is 1. The molecule has 0 atom stereocenters. The summed E-state index contributed by atoms with van der Waals surface area (Å²) in [7, 11) is 0. The van der Waals surface area contributed by atoms with Crippen LogP contribution in [0.4, 0.5) is 4.39 Å². The maximum atomic E-state index is 13.0. The second-order valence-electron chi connectivity index (χ2n) is 2.30. The van der Waals surface area contributed by atoms with E-state index in [4.69, 9.17) is 11.6 Å². The van der Waals surface area contributed by atoms with E-state index in [9.17, 15) is 4.39 Å². The van der Waals surface area contributed by atoms with Gasteiger partial charge < -0.3 is 4.98 Å². The van der Waals surface area contributed by atoms with Crippen LogP contribution in [0.1, 0.15) is 0 Å². The van der Waals surface area contributed by atoms with Gasteiger partial charge in [0.1, 0.15) is 5.82 Å². The zero-order chi connectivity index (χ0) is 7.84. The Kier molecular flexibility index (Phi) is 1.36. The summed E-state index contributed by atoms with van der Waals surface area (Å²) in [5, 5.41) is 0.896. The van der Waals surface area contributed by atoms with Gasteiger partial charge >= 0.3 is 0 Å². The standard InChI is InChI=1S/C8H5ClFN/c9-5-4-11-7-3-1-2-6(10)8(5)7/h1-4,11H. The Morgan fingerprint density at radius 1 is 1.36 bits per heavy atom. The Morgan fingerprint density at radius 2 is 2.18 bits per heavy atom. The number of fused-ring (bicyclic) bond motifs is 1. The molecule has 0 aliphatic carbocycles. The normalized spacial score (nSPS) is 10.7. The zero-order valence-corrected chi connectivity index (χ0v) is 6.32. The lowest BCUT2D eigenvalue weighted by molar-refractivity contribution is 0.640. The van der Waals surface area contributed by atoms with E-state index in [1.54, 1.807) is 18.3 Å². The van der Waals surface area contributed by atoms with Gasteiger partial charge in [0.2, 0.25) is 0 Å². The van der Waals surface area contributed by atoms with Crippen LogP contribution >= 0.6 is 11.6 Å². The number of H-pyrrole nitrogens is 1. The molecule has 2 rings (SSSR count). The van der Waals surface area contributed by atoms with Gasteiger partial charge in [-0.25, -0.2) is 4.39 Å². The van der Waals surface area contributed by atoms with Crippen LogP contribution in [0.25, 0.3) is 10.9 Å². The molecule has 3 heteroatoms. The molecule has 1 aromatic heterocycles. The molecular weight excluding hydrogens is 165 g/mol. The number of benzene rings is 1. The van der Waals surface area contributed by atoms with E-state index in [1.807, 2.05) is 0 Å². The Labute approximate surface area is 67.8 Å². The van der Waals surface area contributed by atoms with Gasteiger partial charge in [-0.05, 0) is 12.1 Å². The molecule has 0 spiro atoms. The quantitative estimate of drug-likeness (QED) is 0.624. The number of hydrogen-bond acceptors (Lipinski definition) is 0. The van der Waals surface area contributed by atoms with Crippen LogP contribution in [0.5, 0.6) is 0 Å². The van der Waals surface area contributed by atoms with E-state index in [-0.39, 0.29) is 5.82 Å². The van der Waals surface area contributed by atoms with Crippen molar-refractivity contribution in [1.82, 2.24) is 4.98 Å². The average molecular weight is 170 g/mol. The van der Waals surface area contributed by atoms with Crippen LogP contribution < -0.4 is 0 Å². The first-order valence-corrected chi connectivity index (χ1v) is 3.58. The maximum absolute atomic E-state index is 13.0. The van der Waals surface area contributed by atoms with Crippen molar-refractivity contribution in [2.45, 2.75) is 0 Å². The molecule has 11 heavy (non-hydrogen) atoms. The Bertz CT molecular complexity index is 394. The molecule has 0 saturated heterocycles. The van der Waals surface area contributed by atoms with Crippen LogP contribution in [0.15, 0.2) is 24.4 Å². The molecule has 1 heterocycles. The van der Waals surface area contributed by atoms with Crippen LogP contribution in [0, 0.1) is 5.82 Å². The summed E-state index contributed by atoms with van der Waals surface area (Å²) in [4.78, 5) is 2.86. The predicted molar refractivity (Wildman–Crippen MR) is 43.3 cm³/mol. The SMILES string of the molecule is Fc1cccc2[nH]cc(Cl)c12. The van der Waals surface area contributed by atoms with E-state index in [1.165, 1.54) is 6.07 Å². The molecule has 56 valence electrons. The molecule has 2 aromatic rings. The summed E-state index contributed by atoms with van der Waals surface area (Å²) in [5.74, 6) is -0.284. The minimum absolute atomic E-state index is 0.284. The molecule has 1 nitrogen and oxygen atoms in total. The minimum Gasteiger partial charge on any atom is -0.360 e. The Morgan fingerprint density at radius 3 is 2.91 bits per heavy atom. The van der Waals surface area contributed by atoms with Gasteiger partial charge in [-0.3, -0.25) is 0 Å². The third-order valence-electron chi connectivity index (χ3n) is 1.61. The summed E-state index contributed by atoms with van der Waals surface area (Å²) in [6.07, 6.45) is 1.58. The van der Waals surface area contributed by atoms with Crippen molar-refractivity contribution in [3.8, 4) is 0 Å². The number of halogens is 2. The van der Waals surface area contributed by atoms with Gasteiger partial charge in [0, 0.05) is 11.7 Å². The number of nitrogens with one attached hydrogen (secondary N) is 1. The van der Waals surface area contributed by atoms with Gasteiger partial charge in [-0.2, -0.15) is 0 Å². The van der Waals surface area contributed by atoms with Gasteiger partial charge in [0.25, 0.3) is 0 Å². The predicted octanol–water partition coefficient (Wildman–Crippen LogP) is 2.96. The van der Waals surface area contributed by atoms with Crippen LogP contribution in [0.3, 0.4) is 0 Å². The summed E-state index contributed by atoms with van der Waals surface area (Å²) in [6.45, 7) is 0. The van der Waals surface area contributed by atoms with E-state index in [0.717, 1.165) is 5.52 Å². The van der Waals surface area contributed by atoms with E-state index >= 15 is 0 Å². The smallest absolute Gasteiger partial charge is 0.134 e. The molecule has 0 saturated carbocycles. The van der Waals surface area contributed by atoms with Gasteiger partial charge in [0.15, 0.2) is 0 Å². The largest absolute Gasteiger partial charge is 0.360 e. The van der Waals surface area contributed by atoms with E-state index < -0.39 is 0 Å². The Balaban J connectivity index is 2.96. The van der Waals surface area contributed by atoms with Gasteiger partial charge in [-0.15, -0.1) is 0 Å². The molecule has 0 fully saturated rings. The summed E-state index contributed by atoms with van der Waals surface area (Å²) >= 11 is 5.71. The molecule has 0 amide bonds. The van der Waals surface area contributed by atoms with E-state index in [0.29, 0.717) is 10.4 Å². The highest BCUT2D eigenvalue weighted by Gasteiger charge is 2.04. The number of aromatic nitrogens is 1. The second kappa shape index (κ2) is 2.24. The van der Waals surface area contributed by atoms with Crippen LogP contribution in [0.2, 0.25) is 5.02 Å². The number of hydrogen-bond donors (Lipinski definition) is 1. The molecule has 0 unspecified atom stereocenters. The molecule has 0 radical (unpaired) electrons. The fraction of sp³-hybridized carbons (Fsp3) is 0. The lowest BCUT2D eigenvalue weighted by Gasteiger charge is -1.90. The molecule has 0 aliphatic rings. The molecule has 1 aromatic carbocycles. The average Bonchev–Trinajstić information content (AvgIpc) is 2.34. The lowest BCUT2D eigenvalue weighted by Crippen LogP contribution is -1.73. The fourth-order valence-corrected chi connectivity index (χ4v) is 1.35. The van der Waals surface area contributed by atoms with Crippen molar-refractivity contribution < 1.29 is 4.39 Å². The van der Waals surface area contributed by atoms with Crippen molar-refractivity contribution in [2.24, 2.45) is 0 Å². The highest BCUT2D eigenvalue weighted by Crippen LogP contribution is 2.24. The third kappa shape index (κ3) is 0.906. The highest BCUT2D eigenvalue weighted by atomic mass is 35.5. The first-order chi connectivity index (χ1) is 5.29. The van der Waals surface area contributed by atoms with Crippen molar-refractivity contribution in [3.63, 3.8) is 0 Å². The van der Waals surface area contributed by atoms with Crippen LogP contribution in [-0.2, 0) is 0 Å². The van der Waals surface area contributed by atoms with Crippen molar-refractivity contribution >= 4 is 22.5 Å². The molecular formula is C8H5ClFN. The summed E-state index contributed by atoms with van der Waals surface area (Å²) in [5.41, 5.74) is 0.731. The van der Waals surface area contributed by atoms with Gasteiger partial charge in [0.05, 0.1) is 10.4 Å². The van der Waals surface area contributed by atoms with Gasteiger partial charge in [-0.1, -0.05) is 17.7 Å².